The van der Waals surface area contributed by atoms with E-state index in [-0.39, 0.29) is 0 Å². The number of rotatable bonds is 21. The number of fused-ring (bicyclic) bond motifs is 4. The van der Waals surface area contributed by atoms with E-state index in [1.54, 1.807) is 6.08 Å². The summed E-state index contributed by atoms with van der Waals surface area (Å²) in [6, 6.07) is 88.3. The van der Waals surface area contributed by atoms with Crippen LogP contribution in [0.15, 0.2) is 373 Å². The van der Waals surface area contributed by atoms with Crippen molar-refractivity contribution in [2.45, 2.75) is 13.8 Å². The Bertz CT molecular complexity index is 5740. The monoisotopic (exact) mass is 1310 g/mol. The lowest BCUT2D eigenvalue weighted by atomic mass is 9.99. The summed E-state index contributed by atoms with van der Waals surface area (Å²) in [5.41, 5.74) is 27.9. The molecule has 102 heavy (non-hydrogen) atoms. The number of para-hydroxylation sites is 4. The van der Waals surface area contributed by atoms with Crippen molar-refractivity contribution >= 4 is 84.6 Å². The Labute approximate surface area is 595 Å². The molecule has 8 nitrogen and oxygen atoms in total. The lowest BCUT2D eigenvalue weighted by Gasteiger charge is -2.26. The van der Waals surface area contributed by atoms with E-state index < -0.39 is 0 Å². The first kappa shape index (κ1) is 64.4. The molecule has 0 N–H and O–H groups in total. The smallest absolute Gasteiger partial charge is 0.0541 e. The number of pyridine rings is 4. The maximum Gasteiger partial charge on any atom is 0.0541 e. The lowest BCUT2D eigenvalue weighted by Crippen LogP contribution is -2.14. The Morgan fingerprint density at radius 3 is 1.37 bits per heavy atom. The van der Waals surface area contributed by atoms with E-state index in [1.165, 1.54) is 21.8 Å². The molecule has 15 rings (SSSR count). The molecule has 0 radical (unpaired) electrons. The van der Waals surface area contributed by atoms with Crippen LogP contribution in [0, 0.1) is 0 Å². The highest BCUT2D eigenvalue weighted by atomic mass is 15.1. The zero-order valence-corrected chi connectivity index (χ0v) is 56.9. The Morgan fingerprint density at radius 1 is 0.382 bits per heavy atom. The van der Waals surface area contributed by atoms with Crippen LogP contribution in [-0.2, 0) is 0 Å². The minimum Gasteiger partial charge on any atom is -0.311 e. The zero-order chi connectivity index (χ0) is 69.5. The van der Waals surface area contributed by atoms with Crippen molar-refractivity contribution in [1.29, 1.82) is 0 Å². The summed E-state index contributed by atoms with van der Waals surface area (Å²) in [7, 11) is 0. The maximum absolute atomic E-state index is 4.81. The third-order valence-corrected chi connectivity index (χ3v) is 18.7. The SMILES string of the molecule is C=CC=C(C=C)N(c1ccccc1)c1ccc(-c2cncc(-c3cncc(-c4ccc(N(c5ccccc5)c5ccc(-c6ccc7c(c6)c(C=CC)c(C=C)n7C(C=C(C)c6cncc(-c7cncc(-c8cccc(-n9c%10ccccc%10c%10ccccc%109)c8)c7)c6)=CC=C)cc5)cc4)c3)c2)cc1. The van der Waals surface area contributed by atoms with Gasteiger partial charge in [-0.1, -0.05) is 178 Å². The molecule has 0 spiro atoms. The van der Waals surface area contributed by atoms with Crippen LogP contribution in [0.1, 0.15) is 30.7 Å². The zero-order valence-electron chi connectivity index (χ0n) is 56.9. The fraction of sp³-hybridized carbons (Fsp3) is 0.0213. The molecule has 0 aliphatic carbocycles. The average molecular weight is 1310 g/mol. The van der Waals surface area contributed by atoms with E-state index >= 15 is 0 Å². The molecule has 6 heterocycles. The van der Waals surface area contributed by atoms with Gasteiger partial charge in [0.15, 0.2) is 0 Å². The maximum atomic E-state index is 4.81. The van der Waals surface area contributed by atoms with E-state index in [9.17, 15) is 0 Å². The Morgan fingerprint density at radius 2 is 0.833 bits per heavy atom. The minimum atomic E-state index is 0.924. The summed E-state index contributed by atoms with van der Waals surface area (Å²) in [6.07, 6.45) is 33.3. The largest absolute Gasteiger partial charge is 0.311 e. The van der Waals surface area contributed by atoms with Gasteiger partial charge in [0.05, 0.1) is 22.2 Å². The summed E-state index contributed by atoms with van der Waals surface area (Å²) in [5.74, 6) is 0. The molecule has 0 aliphatic heterocycles. The highest BCUT2D eigenvalue weighted by molar-refractivity contribution is 6.09. The predicted octanol–water partition coefficient (Wildman–Crippen LogP) is 25.0. The molecule has 8 heteroatoms. The highest BCUT2D eigenvalue weighted by Gasteiger charge is 2.21. The van der Waals surface area contributed by atoms with Gasteiger partial charge in [0.2, 0.25) is 0 Å². The summed E-state index contributed by atoms with van der Waals surface area (Å²) < 4.78 is 4.63. The van der Waals surface area contributed by atoms with Crippen LogP contribution in [0.3, 0.4) is 0 Å². The van der Waals surface area contributed by atoms with Crippen molar-refractivity contribution in [3.05, 3.63) is 390 Å². The molecule has 0 fully saturated rings. The number of benzene rings is 9. The molecule has 6 aromatic heterocycles. The van der Waals surface area contributed by atoms with Gasteiger partial charge < -0.3 is 18.9 Å². The van der Waals surface area contributed by atoms with Crippen molar-refractivity contribution < 1.29 is 0 Å². The fourth-order valence-electron chi connectivity index (χ4n) is 13.9. The van der Waals surface area contributed by atoms with Crippen molar-refractivity contribution in [2.24, 2.45) is 0 Å². The van der Waals surface area contributed by atoms with E-state index in [2.05, 4.69) is 314 Å². The molecule has 0 saturated heterocycles. The minimum absolute atomic E-state index is 0.924. The van der Waals surface area contributed by atoms with Crippen LogP contribution in [0.25, 0.3) is 129 Å². The summed E-state index contributed by atoms with van der Waals surface area (Å²) >= 11 is 0. The topological polar surface area (TPSA) is 67.9 Å². The lowest BCUT2D eigenvalue weighted by molar-refractivity contribution is 1.15. The number of nitrogens with zero attached hydrogens (tertiary/aromatic N) is 8. The van der Waals surface area contributed by atoms with Gasteiger partial charge in [-0.25, -0.2) is 0 Å². The van der Waals surface area contributed by atoms with Gasteiger partial charge in [-0.3, -0.25) is 19.9 Å². The molecular weight excluding hydrogens is 1240 g/mol. The van der Waals surface area contributed by atoms with Crippen LogP contribution >= 0.6 is 0 Å². The third kappa shape index (κ3) is 12.8. The second kappa shape index (κ2) is 28.9. The molecular formula is C94H72N8. The van der Waals surface area contributed by atoms with Crippen LogP contribution < -0.4 is 9.80 Å². The van der Waals surface area contributed by atoms with Gasteiger partial charge >= 0.3 is 0 Å². The number of anilines is 5. The summed E-state index contributed by atoms with van der Waals surface area (Å²) in [4.78, 5) is 23.5. The fourth-order valence-corrected chi connectivity index (χ4v) is 13.9. The molecule has 9 aromatic carbocycles. The Balaban J connectivity index is 0.679. The van der Waals surface area contributed by atoms with E-state index in [0.29, 0.717) is 0 Å². The average Bonchev–Trinajstić information content (AvgIpc) is 1.60. The van der Waals surface area contributed by atoms with E-state index in [0.717, 1.165) is 146 Å². The normalized spacial score (nSPS) is 11.9. The molecule has 0 saturated carbocycles. The standard InChI is InChI=1S/C94H72N8/c1-7-23-79(10-4)99(80-27-14-12-15-28-80)82-45-38-67(39-46-82)72-52-76(62-96-58-72)77-53-73(59-97-63-77)68-40-47-84(48-41-68)100(81-29-16-13-17-30-81)83-43-36-66(37-44-83)70-42-49-94-90(56-70)87(25-9-3)91(11-5)101(94)85(24-8-2)50-65(6)71-51-75(61-95-57-71)78-54-74(60-98-64-78)69-26-22-31-86(55-69)102-92-34-20-18-32-88(92)89-33-19-21-35-93(89)102/h7-64H,1-2,4-5H2,3,6H3. The first-order chi connectivity index (χ1) is 50.3. The van der Waals surface area contributed by atoms with Gasteiger partial charge in [-0.15, -0.1) is 0 Å². The van der Waals surface area contributed by atoms with Crippen molar-refractivity contribution in [3.8, 4) is 72.4 Å². The molecule has 0 unspecified atom stereocenters. The third-order valence-electron chi connectivity index (χ3n) is 18.7. The van der Waals surface area contributed by atoms with Gasteiger partial charge in [-0.05, 0) is 205 Å². The number of allylic oxidation sites excluding steroid dienone is 9. The molecule has 0 atom stereocenters. The summed E-state index contributed by atoms with van der Waals surface area (Å²) in [6.45, 7) is 20.8. The van der Waals surface area contributed by atoms with Gasteiger partial charge in [-0.2, -0.15) is 0 Å². The first-order valence-corrected chi connectivity index (χ1v) is 34.1. The molecule has 488 valence electrons. The molecule has 0 aliphatic rings. The first-order valence-electron chi connectivity index (χ1n) is 34.1. The summed E-state index contributed by atoms with van der Waals surface area (Å²) in [5, 5.41) is 3.57. The van der Waals surface area contributed by atoms with Crippen LogP contribution in [0.5, 0.6) is 0 Å². The quantitative estimate of drug-likeness (QED) is 0.0668. The van der Waals surface area contributed by atoms with Crippen molar-refractivity contribution in [2.75, 3.05) is 9.80 Å². The Kier molecular flexibility index (Phi) is 18.2. The predicted molar refractivity (Wildman–Crippen MR) is 431 cm³/mol. The van der Waals surface area contributed by atoms with Crippen molar-refractivity contribution in [3.63, 3.8) is 0 Å². The van der Waals surface area contributed by atoms with Crippen LogP contribution in [0.4, 0.5) is 28.4 Å². The molecule has 0 amide bonds. The van der Waals surface area contributed by atoms with Gasteiger partial charge in [0.1, 0.15) is 0 Å². The van der Waals surface area contributed by atoms with Crippen LogP contribution in [-0.4, -0.2) is 29.1 Å². The van der Waals surface area contributed by atoms with E-state index in [4.69, 9.17) is 19.9 Å². The van der Waals surface area contributed by atoms with Crippen molar-refractivity contribution in [1.82, 2.24) is 29.1 Å². The van der Waals surface area contributed by atoms with Gasteiger partial charge in [0, 0.05) is 156 Å². The number of hydrogen-bond donors (Lipinski definition) is 0. The number of hydrogen-bond acceptors (Lipinski definition) is 6. The second-order valence-corrected chi connectivity index (χ2v) is 25.0. The van der Waals surface area contributed by atoms with E-state index in [1.807, 2.05) is 92.1 Å². The number of aromatic nitrogens is 6. The second-order valence-electron chi connectivity index (χ2n) is 25.0. The Hall–Kier alpha value is -13.6. The van der Waals surface area contributed by atoms with Crippen LogP contribution in [0.2, 0.25) is 0 Å². The van der Waals surface area contributed by atoms with Gasteiger partial charge in [0.25, 0.3) is 0 Å². The highest BCUT2D eigenvalue weighted by Crippen LogP contribution is 2.42. The molecule has 0 bridgehead atoms. The molecule has 15 aromatic rings.